The molecule has 0 spiro atoms. The minimum Gasteiger partial charge on any atom is -0.497 e. The van der Waals surface area contributed by atoms with Crippen molar-refractivity contribution in [3.63, 3.8) is 0 Å². The topological polar surface area (TPSA) is 71.1 Å². The molecular formula is C9H13N3O2. The molecule has 0 saturated heterocycles. The fourth-order valence-electron chi connectivity index (χ4n) is 1.02. The number of benzene rings is 1. The van der Waals surface area contributed by atoms with Gasteiger partial charge >= 0.3 is 0 Å². The molecule has 0 unspecified atom stereocenters. The van der Waals surface area contributed by atoms with Gasteiger partial charge in [0.25, 0.3) is 0 Å². The third-order valence-electron chi connectivity index (χ3n) is 1.89. The lowest BCUT2D eigenvalue weighted by atomic mass is 10.3. The molecule has 5 heteroatoms. The minimum atomic E-state index is 0.0262. The predicted molar refractivity (Wildman–Crippen MR) is 54.8 cm³/mol. The van der Waals surface area contributed by atoms with Crippen molar-refractivity contribution in [1.29, 1.82) is 0 Å². The quantitative estimate of drug-likeness (QED) is 0.317. The van der Waals surface area contributed by atoms with Crippen LogP contribution in [0.5, 0.6) is 5.75 Å². The third kappa shape index (κ3) is 2.07. The summed E-state index contributed by atoms with van der Waals surface area (Å²) in [6.07, 6.45) is 0. The zero-order valence-corrected chi connectivity index (χ0v) is 8.14. The fraction of sp³-hybridized carbons (Fsp3) is 0.222. The summed E-state index contributed by atoms with van der Waals surface area (Å²) in [5, 5.41) is 11.4. The average Bonchev–Trinajstić information content (AvgIpc) is 2.27. The van der Waals surface area contributed by atoms with E-state index in [4.69, 9.17) is 15.7 Å². The summed E-state index contributed by atoms with van der Waals surface area (Å²) in [5.74, 6) is 0.748. The predicted octanol–water partition coefficient (Wildman–Crippen LogP) is 0.835. The number of guanidine groups is 1. The van der Waals surface area contributed by atoms with Crippen LogP contribution < -0.4 is 15.4 Å². The van der Waals surface area contributed by atoms with Gasteiger partial charge in [-0.1, -0.05) is 11.2 Å². The SMILES string of the molecule is COc1cccc(N(C)/C(N)=N/O)c1. The normalized spacial score (nSPS) is 11.1. The molecule has 1 aromatic carbocycles. The summed E-state index contributed by atoms with van der Waals surface area (Å²) in [6.45, 7) is 0. The maximum Gasteiger partial charge on any atom is 0.237 e. The zero-order valence-electron chi connectivity index (χ0n) is 8.14. The first-order valence-electron chi connectivity index (χ1n) is 4.04. The first-order valence-corrected chi connectivity index (χ1v) is 4.04. The number of rotatable bonds is 2. The Morgan fingerprint density at radius 3 is 2.86 bits per heavy atom. The molecule has 0 aliphatic heterocycles. The van der Waals surface area contributed by atoms with Gasteiger partial charge in [-0.25, -0.2) is 0 Å². The summed E-state index contributed by atoms with van der Waals surface area (Å²) < 4.78 is 5.05. The van der Waals surface area contributed by atoms with Gasteiger partial charge < -0.3 is 20.6 Å². The summed E-state index contributed by atoms with van der Waals surface area (Å²) in [5.41, 5.74) is 6.22. The average molecular weight is 195 g/mol. The molecular weight excluding hydrogens is 182 g/mol. The van der Waals surface area contributed by atoms with Crippen molar-refractivity contribution in [1.82, 2.24) is 0 Å². The number of hydrogen-bond donors (Lipinski definition) is 2. The van der Waals surface area contributed by atoms with E-state index < -0.39 is 0 Å². The van der Waals surface area contributed by atoms with Crippen LogP contribution in [-0.2, 0) is 0 Å². The number of hydrogen-bond acceptors (Lipinski definition) is 3. The molecule has 5 nitrogen and oxygen atoms in total. The minimum absolute atomic E-state index is 0.0262. The molecule has 0 fully saturated rings. The second-order valence-corrected chi connectivity index (χ2v) is 2.72. The van der Waals surface area contributed by atoms with E-state index in [1.54, 1.807) is 25.1 Å². The van der Waals surface area contributed by atoms with E-state index in [0.717, 1.165) is 11.4 Å². The lowest BCUT2D eigenvalue weighted by Gasteiger charge is -2.17. The lowest BCUT2D eigenvalue weighted by molar-refractivity contribution is 0.317. The van der Waals surface area contributed by atoms with Crippen LogP contribution in [0.25, 0.3) is 0 Å². The highest BCUT2D eigenvalue weighted by Crippen LogP contribution is 2.19. The Kier molecular flexibility index (Phi) is 3.17. The molecule has 3 N–H and O–H groups in total. The van der Waals surface area contributed by atoms with E-state index in [0.29, 0.717) is 0 Å². The van der Waals surface area contributed by atoms with Crippen molar-refractivity contribution < 1.29 is 9.94 Å². The van der Waals surface area contributed by atoms with Gasteiger partial charge in [0.05, 0.1) is 7.11 Å². The van der Waals surface area contributed by atoms with Crippen molar-refractivity contribution in [3.05, 3.63) is 24.3 Å². The van der Waals surface area contributed by atoms with Crippen LogP contribution in [0.15, 0.2) is 29.4 Å². The van der Waals surface area contributed by atoms with E-state index >= 15 is 0 Å². The maximum absolute atomic E-state index is 8.48. The second-order valence-electron chi connectivity index (χ2n) is 2.72. The van der Waals surface area contributed by atoms with Gasteiger partial charge in [0.2, 0.25) is 5.96 Å². The standard InChI is InChI=1S/C9H13N3O2/c1-12(9(10)11-13)7-4-3-5-8(6-7)14-2/h3-6,13H,1-2H3,(H2,10,11). The fourth-order valence-corrected chi connectivity index (χ4v) is 1.02. The van der Waals surface area contributed by atoms with E-state index in [1.807, 2.05) is 18.2 Å². The molecule has 1 rings (SSSR count). The molecule has 0 atom stereocenters. The maximum atomic E-state index is 8.48. The van der Waals surface area contributed by atoms with E-state index in [2.05, 4.69) is 5.16 Å². The van der Waals surface area contributed by atoms with Crippen molar-refractivity contribution in [2.24, 2.45) is 10.9 Å². The molecule has 1 aromatic rings. The highest BCUT2D eigenvalue weighted by molar-refractivity contribution is 5.93. The molecule has 0 aliphatic carbocycles. The largest absolute Gasteiger partial charge is 0.497 e. The van der Waals surface area contributed by atoms with Crippen molar-refractivity contribution in [2.45, 2.75) is 0 Å². The summed E-state index contributed by atoms with van der Waals surface area (Å²) >= 11 is 0. The summed E-state index contributed by atoms with van der Waals surface area (Å²) in [7, 11) is 3.28. The van der Waals surface area contributed by atoms with E-state index in [-0.39, 0.29) is 5.96 Å². The molecule has 0 radical (unpaired) electrons. The molecule has 0 saturated carbocycles. The summed E-state index contributed by atoms with van der Waals surface area (Å²) in [6, 6.07) is 7.28. The Morgan fingerprint density at radius 2 is 2.29 bits per heavy atom. The van der Waals surface area contributed by atoms with Gasteiger partial charge in [-0.3, -0.25) is 0 Å². The van der Waals surface area contributed by atoms with Crippen molar-refractivity contribution in [2.75, 3.05) is 19.1 Å². The first kappa shape index (κ1) is 10.2. The van der Waals surface area contributed by atoms with Crippen LogP contribution >= 0.6 is 0 Å². The number of nitrogens with two attached hydrogens (primary N) is 1. The Bertz CT molecular complexity index is 339. The van der Waals surface area contributed by atoms with Crippen LogP contribution in [0, 0.1) is 0 Å². The Labute approximate surface area is 82.4 Å². The van der Waals surface area contributed by atoms with Gasteiger partial charge in [-0.15, -0.1) is 0 Å². The Balaban J connectivity index is 2.95. The number of anilines is 1. The van der Waals surface area contributed by atoms with Crippen LogP contribution in [0.4, 0.5) is 5.69 Å². The van der Waals surface area contributed by atoms with Gasteiger partial charge in [-0.05, 0) is 12.1 Å². The number of methoxy groups -OCH3 is 1. The molecule has 0 amide bonds. The first-order chi connectivity index (χ1) is 6.69. The van der Waals surface area contributed by atoms with Gasteiger partial charge in [0, 0.05) is 18.8 Å². The Morgan fingerprint density at radius 1 is 1.57 bits per heavy atom. The second kappa shape index (κ2) is 4.36. The smallest absolute Gasteiger partial charge is 0.237 e. The zero-order chi connectivity index (χ0) is 10.6. The monoisotopic (exact) mass is 195 g/mol. The lowest BCUT2D eigenvalue weighted by Crippen LogP contribution is -2.33. The third-order valence-corrected chi connectivity index (χ3v) is 1.89. The van der Waals surface area contributed by atoms with Crippen molar-refractivity contribution >= 4 is 11.6 Å². The van der Waals surface area contributed by atoms with Crippen molar-refractivity contribution in [3.8, 4) is 5.75 Å². The van der Waals surface area contributed by atoms with Gasteiger partial charge in [0.1, 0.15) is 5.75 Å². The number of oxime groups is 1. The highest BCUT2D eigenvalue weighted by Gasteiger charge is 2.05. The number of ether oxygens (including phenoxy) is 1. The molecule has 0 aromatic heterocycles. The van der Waals surface area contributed by atoms with E-state index in [9.17, 15) is 0 Å². The van der Waals surface area contributed by atoms with Crippen LogP contribution in [0.3, 0.4) is 0 Å². The molecule has 0 heterocycles. The van der Waals surface area contributed by atoms with Gasteiger partial charge in [0.15, 0.2) is 0 Å². The van der Waals surface area contributed by atoms with E-state index in [1.165, 1.54) is 0 Å². The molecule has 14 heavy (non-hydrogen) atoms. The Hall–Kier alpha value is -1.91. The van der Waals surface area contributed by atoms with Gasteiger partial charge in [-0.2, -0.15) is 0 Å². The molecule has 0 bridgehead atoms. The molecule has 76 valence electrons. The van der Waals surface area contributed by atoms with Crippen LogP contribution in [0.2, 0.25) is 0 Å². The highest BCUT2D eigenvalue weighted by atomic mass is 16.5. The molecule has 0 aliphatic rings. The number of nitrogens with zero attached hydrogens (tertiary/aromatic N) is 2. The summed E-state index contributed by atoms with van der Waals surface area (Å²) in [4.78, 5) is 1.54. The van der Waals surface area contributed by atoms with Crippen LogP contribution in [-0.4, -0.2) is 25.3 Å². The van der Waals surface area contributed by atoms with Crippen LogP contribution in [0.1, 0.15) is 0 Å².